The van der Waals surface area contributed by atoms with E-state index in [2.05, 4.69) is 60.2 Å². The van der Waals surface area contributed by atoms with Crippen molar-refractivity contribution in [3.63, 3.8) is 0 Å². The fourth-order valence-electron chi connectivity index (χ4n) is 9.96. The van der Waals surface area contributed by atoms with Gasteiger partial charge >= 0.3 is 0 Å². The van der Waals surface area contributed by atoms with Gasteiger partial charge in [0.2, 0.25) is 29.4 Å². The van der Waals surface area contributed by atoms with Crippen molar-refractivity contribution in [2.45, 2.75) is 45.2 Å². The molecule has 9 N–H and O–H groups in total. The van der Waals surface area contributed by atoms with Crippen LogP contribution in [0, 0.1) is 0 Å². The summed E-state index contributed by atoms with van der Waals surface area (Å²) in [7, 11) is 4.84. The third-order valence-corrected chi connectivity index (χ3v) is 14.8. The minimum absolute atomic E-state index is 0.00263. The fraction of sp³-hybridized carbons (Fsp3) is 0.462. The summed E-state index contributed by atoms with van der Waals surface area (Å²) < 4.78 is 48.9. The van der Waals surface area contributed by atoms with Crippen LogP contribution in [-0.2, 0) is 73.4 Å². The highest BCUT2D eigenvalue weighted by Crippen LogP contribution is 2.41. The van der Waals surface area contributed by atoms with E-state index in [1.807, 2.05) is 53.4 Å². The molecule has 95 heavy (non-hydrogen) atoms. The number of nitrogens with two attached hydrogens (primary N) is 1. The summed E-state index contributed by atoms with van der Waals surface area (Å²) in [6, 6.07) is 22.7. The fourth-order valence-corrected chi connectivity index (χ4v) is 10.1. The van der Waals surface area contributed by atoms with Crippen LogP contribution < -0.4 is 47.9 Å². The van der Waals surface area contributed by atoms with Gasteiger partial charge in [0, 0.05) is 114 Å². The number of carbonyl (C=O) groups excluding carboxylic acids is 7. The van der Waals surface area contributed by atoms with Crippen molar-refractivity contribution in [3.8, 4) is 11.1 Å². The summed E-state index contributed by atoms with van der Waals surface area (Å²) in [6.45, 7) is 10.5. The maximum Gasteiger partial charge on any atom is 0.291 e. The Hall–Kier alpha value is -8.62. The predicted octanol–water partition coefficient (Wildman–Crippen LogP) is 4.70. The number of hydrogen-bond donors (Lipinski definition) is 8. The molecule has 4 heterocycles. The number of carbonyl (C=O) groups is 7. The topological polar surface area (TPSA) is 347 Å². The van der Waals surface area contributed by atoms with Gasteiger partial charge in [0.05, 0.1) is 117 Å². The van der Waals surface area contributed by atoms with Gasteiger partial charge in [0.1, 0.15) is 5.69 Å². The van der Waals surface area contributed by atoms with E-state index in [1.54, 1.807) is 46.4 Å². The number of fused-ring (bicyclic) bond motifs is 1. The number of benzene rings is 3. The van der Waals surface area contributed by atoms with Crippen molar-refractivity contribution in [2.75, 3.05) is 158 Å². The molecule has 514 valence electrons. The molecule has 0 aliphatic carbocycles. The van der Waals surface area contributed by atoms with Gasteiger partial charge in [-0.15, -0.1) is 0 Å². The molecule has 2 atom stereocenters. The maximum absolute atomic E-state index is 12.9. The van der Waals surface area contributed by atoms with Crippen molar-refractivity contribution in [2.24, 2.45) is 26.9 Å². The molecule has 0 radical (unpaired) electrons. The Morgan fingerprint density at radius 1 is 0.516 bits per heavy atom. The second-order valence-corrected chi connectivity index (χ2v) is 22.3. The number of nitrogens with zero attached hydrogens (tertiary/aromatic N) is 6. The molecule has 7 rings (SSSR count). The Morgan fingerprint density at radius 3 is 1.51 bits per heavy atom. The van der Waals surface area contributed by atoms with Crippen LogP contribution in [0.1, 0.15) is 86.8 Å². The van der Waals surface area contributed by atoms with E-state index in [0.29, 0.717) is 122 Å². The second kappa shape index (κ2) is 39.3. The van der Waals surface area contributed by atoms with Crippen LogP contribution in [0.4, 0.5) is 28.7 Å². The SMILES string of the molecule is CC(=O)N1c2ccc(-c3ccc(C(=O)NCCOCCOCCOCCOCCOCCOCCOCCOCCNC(=O)c4nc(NC(=O)CCNC(=O)c5cc(NC(=O)c6nc(NC(=O)CCN)cn6C)cn5C)cn4C)cc3)cc2[C@H](Nc2ccc(Cl)cc2)C[C@@H]1C. The number of amides is 7. The van der Waals surface area contributed by atoms with Gasteiger partial charge in [-0.25, -0.2) is 9.97 Å². The number of rotatable bonds is 42. The number of nitrogens with one attached hydrogen (secondary N) is 7. The molecule has 30 heteroatoms. The number of hydrogen-bond acceptors (Lipinski definition) is 19. The van der Waals surface area contributed by atoms with E-state index in [4.69, 9.17) is 55.2 Å². The Bertz CT molecular complexity index is 3450. The summed E-state index contributed by atoms with van der Waals surface area (Å²) in [5.41, 5.74) is 11.3. The maximum atomic E-state index is 12.9. The molecule has 3 aromatic carbocycles. The van der Waals surface area contributed by atoms with Gasteiger partial charge < -0.3 is 99.4 Å². The minimum atomic E-state index is -0.564. The molecule has 0 bridgehead atoms. The zero-order valence-corrected chi connectivity index (χ0v) is 55.1. The molecular weight excluding hydrogens is 1250 g/mol. The Labute approximate surface area is 556 Å². The average molecular weight is 1340 g/mol. The molecule has 6 aromatic rings. The van der Waals surface area contributed by atoms with Crippen molar-refractivity contribution >= 4 is 81.6 Å². The molecule has 0 fully saturated rings. The second-order valence-electron chi connectivity index (χ2n) is 21.9. The molecule has 3 aromatic heterocycles. The largest absolute Gasteiger partial charge is 0.378 e. The van der Waals surface area contributed by atoms with Crippen LogP contribution in [0.15, 0.2) is 91.4 Å². The molecule has 0 spiro atoms. The van der Waals surface area contributed by atoms with Crippen molar-refractivity contribution in [1.82, 2.24) is 39.6 Å². The highest BCUT2D eigenvalue weighted by atomic mass is 35.5. The molecule has 7 amide bonds. The van der Waals surface area contributed by atoms with E-state index in [9.17, 15) is 33.6 Å². The Kier molecular flexibility index (Phi) is 30.5. The number of aromatic nitrogens is 5. The standard InChI is InChI=1S/C65H87ClN14O15/c1-44-38-53(71-50-13-11-49(66)12-14-50)52-39-48(10-15-54(52)80(44)45(2)81)46-6-8-47(9-7-46)62(84)69-20-22-88-24-26-90-28-30-92-32-34-94-36-37-95-35-33-93-31-29-91-27-25-89-23-21-70-64(86)60-75-57(42-78(60)4)74-59(83)17-19-68-63(85)55-40-51(41-77(55)3)72-65(87)61-76-56(43-79(61)5)73-58(82)16-18-67/h6-15,39-44,53,71H,16-38,67H2,1-5H3,(H,68,85)(H,69,84)(H,70,86)(H,72,87)(H,73,82)(H,74,83)/t44-,53+/m0/s1. The Morgan fingerprint density at radius 2 is 0.989 bits per heavy atom. The summed E-state index contributed by atoms with van der Waals surface area (Å²) in [6.07, 6.45) is 5.28. The highest BCUT2D eigenvalue weighted by Gasteiger charge is 2.33. The van der Waals surface area contributed by atoms with E-state index in [-0.39, 0.29) is 97.9 Å². The summed E-state index contributed by atoms with van der Waals surface area (Å²) in [5.74, 6) is -2.02. The van der Waals surface area contributed by atoms with E-state index < -0.39 is 23.6 Å². The van der Waals surface area contributed by atoms with Crippen LogP contribution in [0.2, 0.25) is 5.02 Å². The number of anilines is 5. The average Bonchev–Trinajstić information content (AvgIpc) is 1.79. The molecule has 29 nitrogen and oxygen atoms in total. The van der Waals surface area contributed by atoms with Gasteiger partial charge in [0.25, 0.3) is 23.6 Å². The third kappa shape index (κ3) is 24.3. The first kappa shape index (κ1) is 73.8. The van der Waals surface area contributed by atoms with Crippen LogP contribution in [-0.4, -0.2) is 203 Å². The third-order valence-electron chi connectivity index (χ3n) is 14.6. The molecular formula is C65H87ClN14O15. The molecule has 0 saturated heterocycles. The van der Waals surface area contributed by atoms with Crippen molar-refractivity contribution in [3.05, 3.63) is 125 Å². The van der Waals surface area contributed by atoms with Crippen molar-refractivity contribution in [1.29, 1.82) is 0 Å². The quantitative estimate of drug-likeness (QED) is 0.0241. The van der Waals surface area contributed by atoms with Gasteiger partial charge in [0.15, 0.2) is 11.6 Å². The van der Waals surface area contributed by atoms with Crippen LogP contribution in [0.25, 0.3) is 11.1 Å². The number of aryl methyl sites for hydroxylation is 3. The van der Waals surface area contributed by atoms with Gasteiger partial charge in [-0.05, 0) is 84.6 Å². The minimum Gasteiger partial charge on any atom is -0.378 e. The van der Waals surface area contributed by atoms with Gasteiger partial charge in [-0.1, -0.05) is 29.8 Å². The number of halogens is 1. The van der Waals surface area contributed by atoms with Gasteiger partial charge in [-0.2, -0.15) is 0 Å². The van der Waals surface area contributed by atoms with Crippen molar-refractivity contribution < 1.29 is 71.5 Å². The first-order valence-corrected chi connectivity index (χ1v) is 31.7. The van der Waals surface area contributed by atoms with Crippen LogP contribution in [0.5, 0.6) is 0 Å². The van der Waals surface area contributed by atoms with Gasteiger partial charge in [-0.3, -0.25) is 33.6 Å². The summed E-state index contributed by atoms with van der Waals surface area (Å²) in [4.78, 5) is 99.1. The van der Waals surface area contributed by atoms with E-state index >= 15 is 0 Å². The van der Waals surface area contributed by atoms with Crippen LogP contribution in [0.3, 0.4) is 0 Å². The van der Waals surface area contributed by atoms with Crippen LogP contribution >= 0.6 is 11.6 Å². The number of ether oxygens (including phenoxy) is 8. The number of imidazole rings is 2. The smallest absolute Gasteiger partial charge is 0.291 e. The predicted molar refractivity (Wildman–Crippen MR) is 356 cm³/mol. The lowest BCUT2D eigenvalue weighted by Gasteiger charge is -2.39. The first-order valence-electron chi connectivity index (χ1n) is 31.3. The lowest BCUT2D eigenvalue weighted by atomic mass is 9.88. The zero-order valence-electron chi connectivity index (χ0n) is 54.3. The lowest BCUT2D eigenvalue weighted by Crippen LogP contribution is -2.43. The zero-order chi connectivity index (χ0) is 67.9. The van der Waals surface area contributed by atoms with E-state index in [0.717, 1.165) is 34.5 Å². The monoisotopic (exact) mass is 1340 g/mol. The molecule has 1 aliphatic rings. The highest BCUT2D eigenvalue weighted by molar-refractivity contribution is 6.30. The Balaban J connectivity index is 0.608. The molecule has 0 unspecified atom stereocenters. The summed E-state index contributed by atoms with van der Waals surface area (Å²) in [5, 5.41) is 20.5. The summed E-state index contributed by atoms with van der Waals surface area (Å²) >= 11 is 6.13. The molecule has 0 saturated carbocycles. The normalized spacial score (nSPS) is 13.4. The van der Waals surface area contributed by atoms with E-state index in [1.165, 1.54) is 32.2 Å². The molecule has 1 aliphatic heterocycles. The lowest BCUT2D eigenvalue weighted by molar-refractivity contribution is -0.117. The first-order chi connectivity index (χ1) is 46.0.